The lowest BCUT2D eigenvalue weighted by Gasteiger charge is -2.13. The van der Waals surface area contributed by atoms with Gasteiger partial charge in [0.2, 0.25) is 0 Å². The zero-order valence-electron chi connectivity index (χ0n) is 9.49. The molecule has 0 saturated carbocycles. The van der Waals surface area contributed by atoms with Gasteiger partial charge in [0.15, 0.2) is 11.5 Å². The van der Waals surface area contributed by atoms with E-state index < -0.39 is 17.3 Å². The molecular formula is C10H9F2N5OS. The molecule has 0 spiro atoms. The maximum absolute atomic E-state index is 13.8. The van der Waals surface area contributed by atoms with E-state index in [1.165, 1.54) is 28.7 Å². The van der Waals surface area contributed by atoms with E-state index in [1.54, 1.807) is 0 Å². The molecule has 19 heavy (non-hydrogen) atoms. The molecule has 2 aromatic rings. The number of nitrogen functional groups attached to an aromatic ring is 1. The summed E-state index contributed by atoms with van der Waals surface area (Å²) in [7, 11) is 0. The largest absolute Gasteiger partial charge is 0.395 e. The van der Waals surface area contributed by atoms with E-state index in [9.17, 15) is 8.78 Å². The van der Waals surface area contributed by atoms with E-state index in [0.29, 0.717) is 0 Å². The Balaban J connectivity index is 2.10. The zero-order valence-corrected chi connectivity index (χ0v) is 10.3. The second-order valence-electron chi connectivity index (χ2n) is 3.96. The topological polar surface area (TPSA) is 89.9 Å². The Hall–Kier alpha value is -1.74. The van der Waals surface area contributed by atoms with Crippen LogP contribution in [0.15, 0.2) is 18.2 Å². The Kier molecular flexibility index (Phi) is 2.86. The zero-order chi connectivity index (χ0) is 13.6. The van der Waals surface area contributed by atoms with Crippen LogP contribution in [-0.2, 0) is 0 Å². The van der Waals surface area contributed by atoms with Gasteiger partial charge in [-0.3, -0.25) is 4.57 Å². The highest BCUT2D eigenvalue weighted by atomic mass is 32.2. The van der Waals surface area contributed by atoms with Gasteiger partial charge in [0.05, 0.1) is 18.2 Å². The number of aromatic nitrogens is 4. The third kappa shape index (κ3) is 1.94. The van der Waals surface area contributed by atoms with Gasteiger partial charge in [-0.25, -0.2) is 9.37 Å². The molecule has 1 aliphatic rings. The predicted molar refractivity (Wildman–Crippen MR) is 66.4 cm³/mol. The van der Waals surface area contributed by atoms with Gasteiger partial charge in [0, 0.05) is 0 Å². The molecule has 1 unspecified atom stereocenters. The Morgan fingerprint density at radius 1 is 1.42 bits per heavy atom. The molecule has 6 nitrogen and oxygen atoms in total. The molecule has 3 heterocycles. The molecule has 1 aliphatic heterocycles. The summed E-state index contributed by atoms with van der Waals surface area (Å²) >= 11 is 1.18. The molecule has 2 aromatic heterocycles. The van der Waals surface area contributed by atoms with Crippen LogP contribution in [0.5, 0.6) is 0 Å². The van der Waals surface area contributed by atoms with Crippen LogP contribution in [-0.4, -0.2) is 36.5 Å². The Morgan fingerprint density at radius 2 is 2.21 bits per heavy atom. The number of anilines is 1. The van der Waals surface area contributed by atoms with Crippen LogP contribution in [0.25, 0.3) is 11.2 Å². The molecule has 9 heteroatoms. The summed E-state index contributed by atoms with van der Waals surface area (Å²) in [4.78, 5) is 10.9. The third-order valence-corrected chi connectivity index (χ3v) is 4.08. The van der Waals surface area contributed by atoms with Crippen molar-refractivity contribution in [3.8, 4) is 0 Å². The van der Waals surface area contributed by atoms with Crippen LogP contribution >= 0.6 is 11.8 Å². The van der Waals surface area contributed by atoms with Crippen molar-refractivity contribution < 1.29 is 13.9 Å². The summed E-state index contributed by atoms with van der Waals surface area (Å²) in [5.74, 6) is -0.520. The quantitative estimate of drug-likeness (QED) is 0.800. The van der Waals surface area contributed by atoms with Crippen LogP contribution in [0, 0.1) is 6.08 Å². The molecule has 100 valence electrons. The first kappa shape index (κ1) is 12.3. The average Bonchev–Trinajstić information content (AvgIpc) is 2.92. The number of aliphatic hydroxyl groups is 1. The van der Waals surface area contributed by atoms with Crippen LogP contribution in [0.1, 0.15) is 5.37 Å². The lowest BCUT2D eigenvalue weighted by Crippen LogP contribution is -2.07. The number of fused-ring (bicyclic) bond motifs is 1. The van der Waals surface area contributed by atoms with E-state index in [4.69, 9.17) is 10.8 Å². The van der Waals surface area contributed by atoms with Gasteiger partial charge in [-0.15, -0.1) is 11.8 Å². The highest BCUT2D eigenvalue weighted by molar-refractivity contribution is 8.00. The molecule has 2 atom stereocenters. The molecule has 0 saturated heterocycles. The minimum atomic E-state index is -0.988. The van der Waals surface area contributed by atoms with Crippen molar-refractivity contribution in [3.05, 3.63) is 24.3 Å². The Bertz CT molecular complexity index is 673. The number of hydrogen-bond donors (Lipinski definition) is 2. The van der Waals surface area contributed by atoms with E-state index in [-0.39, 0.29) is 28.8 Å². The van der Waals surface area contributed by atoms with Gasteiger partial charge >= 0.3 is 6.08 Å². The lowest BCUT2D eigenvalue weighted by atomic mass is 10.3. The smallest absolute Gasteiger partial charge is 0.312 e. The van der Waals surface area contributed by atoms with Gasteiger partial charge in [-0.05, 0) is 6.08 Å². The first-order valence-corrected chi connectivity index (χ1v) is 6.33. The van der Waals surface area contributed by atoms with Crippen molar-refractivity contribution in [2.45, 2.75) is 10.6 Å². The van der Waals surface area contributed by atoms with Gasteiger partial charge in [-0.1, -0.05) is 0 Å². The third-order valence-electron chi connectivity index (χ3n) is 2.74. The Morgan fingerprint density at radius 3 is 2.89 bits per heavy atom. The van der Waals surface area contributed by atoms with Crippen molar-refractivity contribution in [1.29, 1.82) is 0 Å². The number of thioether (sulfide) groups is 1. The number of nitrogens with two attached hydrogens (primary N) is 1. The van der Waals surface area contributed by atoms with Crippen molar-refractivity contribution in [3.63, 3.8) is 0 Å². The maximum Gasteiger partial charge on any atom is 0.312 e. The minimum absolute atomic E-state index is 0.0904. The van der Waals surface area contributed by atoms with Crippen molar-refractivity contribution >= 4 is 28.7 Å². The predicted octanol–water partition coefficient (Wildman–Crippen LogP) is 1.01. The van der Waals surface area contributed by atoms with Gasteiger partial charge in [0.1, 0.15) is 16.7 Å². The standard InChI is InChI=1S/C10H9F2N5OS/c11-5-1-4(2-18)19-9(5)17-3-14-6-7(13)15-10(12)16-8(6)17/h1,3-4,9,18H,2H2,(H2,13,15,16)/t4-,9?/m1/s1. The number of imidazole rings is 1. The number of aliphatic hydroxyl groups excluding tert-OH is 1. The monoisotopic (exact) mass is 285 g/mol. The lowest BCUT2D eigenvalue weighted by molar-refractivity contribution is 0.307. The van der Waals surface area contributed by atoms with Crippen LogP contribution in [0.2, 0.25) is 0 Å². The molecule has 0 aromatic carbocycles. The van der Waals surface area contributed by atoms with Crippen LogP contribution in [0.4, 0.5) is 14.6 Å². The van der Waals surface area contributed by atoms with E-state index in [2.05, 4.69) is 15.0 Å². The fraction of sp³-hybridized carbons (Fsp3) is 0.300. The number of nitrogens with zero attached hydrogens (tertiary/aromatic N) is 4. The highest BCUT2D eigenvalue weighted by Gasteiger charge is 2.30. The average molecular weight is 285 g/mol. The fourth-order valence-electron chi connectivity index (χ4n) is 1.91. The van der Waals surface area contributed by atoms with Gasteiger partial charge < -0.3 is 10.8 Å². The maximum atomic E-state index is 13.8. The fourth-order valence-corrected chi connectivity index (χ4v) is 3.03. The van der Waals surface area contributed by atoms with E-state index >= 15 is 0 Å². The number of rotatable bonds is 2. The normalized spacial score (nSPS) is 23.0. The summed E-state index contributed by atoms with van der Waals surface area (Å²) in [5, 5.41) is 7.97. The van der Waals surface area contributed by atoms with Gasteiger partial charge in [-0.2, -0.15) is 14.4 Å². The first-order valence-electron chi connectivity index (χ1n) is 5.39. The molecule has 0 radical (unpaired) electrons. The number of halogens is 2. The number of hydrogen-bond acceptors (Lipinski definition) is 6. The molecule has 3 N–H and O–H groups in total. The molecule has 0 fully saturated rings. The summed E-state index contributed by atoms with van der Waals surface area (Å²) in [6.45, 7) is -0.174. The van der Waals surface area contributed by atoms with E-state index in [0.717, 1.165) is 0 Å². The SMILES string of the molecule is Nc1nc(F)nc2c1ncn2C1S[C@@H](CO)C=C1F. The minimum Gasteiger partial charge on any atom is -0.395 e. The van der Waals surface area contributed by atoms with Crippen molar-refractivity contribution in [2.24, 2.45) is 0 Å². The summed E-state index contributed by atoms with van der Waals surface area (Å²) < 4.78 is 28.4. The first-order chi connectivity index (χ1) is 9.10. The van der Waals surface area contributed by atoms with Crippen molar-refractivity contribution in [2.75, 3.05) is 12.3 Å². The highest BCUT2D eigenvalue weighted by Crippen LogP contribution is 2.43. The summed E-state index contributed by atoms with van der Waals surface area (Å²) in [6.07, 6.45) is 1.67. The summed E-state index contributed by atoms with van der Waals surface area (Å²) in [6, 6.07) is 0. The molecular weight excluding hydrogens is 276 g/mol. The van der Waals surface area contributed by atoms with E-state index in [1.807, 2.05) is 0 Å². The molecule has 0 amide bonds. The van der Waals surface area contributed by atoms with Crippen LogP contribution in [0.3, 0.4) is 0 Å². The Labute approximate surface area is 110 Å². The molecule has 0 bridgehead atoms. The second kappa shape index (κ2) is 4.42. The molecule has 3 rings (SSSR count). The van der Waals surface area contributed by atoms with Crippen molar-refractivity contribution in [1.82, 2.24) is 19.5 Å². The van der Waals surface area contributed by atoms with Crippen LogP contribution < -0.4 is 5.73 Å². The molecule has 0 aliphatic carbocycles. The van der Waals surface area contributed by atoms with Gasteiger partial charge in [0.25, 0.3) is 0 Å². The summed E-state index contributed by atoms with van der Waals surface area (Å²) in [5.41, 5.74) is 5.89. The second-order valence-corrected chi connectivity index (χ2v) is 5.29.